The van der Waals surface area contributed by atoms with Crippen molar-refractivity contribution in [3.05, 3.63) is 54.1 Å². The molecule has 0 unspecified atom stereocenters. The van der Waals surface area contributed by atoms with Crippen LogP contribution in [0.15, 0.2) is 42.5 Å². The van der Waals surface area contributed by atoms with Crippen molar-refractivity contribution in [2.75, 3.05) is 23.3 Å². The van der Waals surface area contributed by atoms with Gasteiger partial charge >= 0.3 is 0 Å². The third kappa shape index (κ3) is 3.86. The first-order valence-electron chi connectivity index (χ1n) is 9.41. The average Bonchev–Trinajstić information content (AvgIpc) is 3.42. The maximum Gasteiger partial charge on any atom is 0.216 e. The fourth-order valence-corrected chi connectivity index (χ4v) is 4.04. The third-order valence-electron chi connectivity index (χ3n) is 4.64. The molecule has 0 atom stereocenters. The molecule has 7 nitrogen and oxygen atoms in total. The predicted octanol–water partition coefficient (Wildman–Crippen LogP) is 4.86. The summed E-state index contributed by atoms with van der Waals surface area (Å²) in [5.74, 6) is -1.04. The lowest BCUT2D eigenvalue weighted by Crippen LogP contribution is -2.21. The molecular weight excluding hydrogens is 408 g/mol. The number of halogens is 2. The SMILES string of the molecule is CCN(CC)c1ccc(-c2nc(Nc3c(F)cccc3F)sc2-c2nn[nH]n2)cc1. The average molecular weight is 427 g/mol. The van der Waals surface area contributed by atoms with Crippen LogP contribution in [0.4, 0.5) is 25.3 Å². The minimum Gasteiger partial charge on any atom is -0.372 e. The molecule has 0 bridgehead atoms. The quantitative estimate of drug-likeness (QED) is 0.438. The number of aromatic nitrogens is 5. The van der Waals surface area contributed by atoms with E-state index in [1.54, 1.807) is 0 Å². The Morgan fingerprint density at radius 1 is 1.03 bits per heavy atom. The van der Waals surface area contributed by atoms with Crippen molar-refractivity contribution in [2.24, 2.45) is 0 Å². The molecule has 4 rings (SSSR count). The first kappa shape index (κ1) is 19.9. The van der Waals surface area contributed by atoms with E-state index in [2.05, 4.69) is 49.7 Å². The van der Waals surface area contributed by atoms with Crippen LogP contribution in [-0.2, 0) is 0 Å². The second-order valence-electron chi connectivity index (χ2n) is 6.37. The summed E-state index contributed by atoms with van der Waals surface area (Å²) in [5, 5.41) is 17.2. The molecule has 4 aromatic rings. The van der Waals surface area contributed by atoms with Gasteiger partial charge in [0.2, 0.25) is 5.82 Å². The van der Waals surface area contributed by atoms with Gasteiger partial charge in [0.1, 0.15) is 22.2 Å². The summed E-state index contributed by atoms with van der Waals surface area (Å²) >= 11 is 1.19. The lowest BCUT2D eigenvalue weighted by atomic mass is 10.1. The standard InChI is InChI=1S/C20H19F2N7S/c1-3-29(4-2)13-10-8-12(9-11-13)16-18(19-25-27-28-26-19)30-20(23-16)24-17-14(21)6-5-7-15(17)22/h5-11H,3-4H2,1-2H3,(H,23,24)(H,25,26,27,28). The molecule has 2 N–H and O–H groups in total. The van der Waals surface area contributed by atoms with E-state index in [-0.39, 0.29) is 5.69 Å². The Hall–Kier alpha value is -3.40. The molecule has 0 saturated heterocycles. The summed E-state index contributed by atoms with van der Waals surface area (Å²) in [5.41, 5.74) is 2.29. The van der Waals surface area contributed by atoms with Crippen LogP contribution in [0.3, 0.4) is 0 Å². The molecule has 2 heterocycles. The van der Waals surface area contributed by atoms with Crippen LogP contribution in [0.2, 0.25) is 0 Å². The number of nitrogens with one attached hydrogen (secondary N) is 2. The van der Waals surface area contributed by atoms with E-state index >= 15 is 0 Å². The number of aromatic amines is 1. The molecule has 0 fully saturated rings. The number of hydrogen-bond donors (Lipinski definition) is 2. The van der Waals surface area contributed by atoms with Gasteiger partial charge in [-0.15, -0.1) is 10.2 Å². The lowest BCUT2D eigenvalue weighted by Gasteiger charge is -2.21. The number of rotatable bonds is 7. The highest BCUT2D eigenvalue weighted by atomic mass is 32.1. The Kier molecular flexibility index (Phi) is 5.66. The first-order valence-corrected chi connectivity index (χ1v) is 10.2. The number of thiazole rings is 1. The van der Waals surface area contributed by atoms with Gasteiger partial charge in [-0.2, -0.15) is 5.21 Å². The maximum absolute atomic E-state index is 14.1. The van der Waals surface area contributed by atoms with Crippen LogP contribution in [0, 0.1) is 11.6 Å². The van der Waals surface area contributed by atoms with Crippen molar-refractivity contribution in [1.82, 2.24) is 25.6 Å². The third-order valence-corrected chi connectivity index (χ3v) is 5.61. The van der Waals surface area contributed by atoms with E-state index in [9.17, 15) is 8.78 Å². The van der Waals surface area contributed by atoms with Crippen LogP contribution >= 0.6 is 11.3 Å². The van der Waals surface area contributed by atoms with Crippen molar-refractivity contribution in [3.8, 4) is 22.0 Å². The molecule has 0 aliphatic heterocycles. The minimum atomic E-state index is -0.698. The molecule has 2 aromatic heterocycles. The highest BCUT2D eigenvalue weighted by Gasteiger charge is 2.20. The summed E-state index contributed by atoms with van der Waals surface area (Å²) in [6.07, 6.45) is 0. The van der Waals surface area contributed by atoms with Gasteiger partial charge in [0.25, 0.3) is 0 Å². The summed E-state index contributed by atoms with van der Waals surface area (Å²) in [4.78, 5) is 7.44. The van der Waals surface area contributed by atoms with E-state index < -0.39 is 11.6 Å². The Morgan fingerprint density at radius 2 is 1.73 bits per heavy atom. The smallest absolute Gasteiger partial charge is 0.216 e. The number of anilines is 3. The van der Waals surface area contributed by atoms with Crippen molar-refractivity contribution in [3.63, 3.8) is 0 Å². The summed E-state index contributed by atoms with van der Waals surface area (Å²) < 4.78 is 28.1. The zero-order chi connectivity index (χ0) is 21.1. The number of tetrazole rings is 1. The van der Waals surface area contributed by atoms with Gasteiger partial charge in [-0.3, -0.25) is 0 Å². The fraction of sp³-hybridized carbons (Fsp3) is 0.200. The maximum atomic E-state index is 14.1. The van der Waals surface area contributed by atoms with Crippen LogP contribution in [-0.4, -0.2) is 38.7 Å². The zero-order valence-electron chi connectivity index (χ0n) is 16.4. The monoisotopic (exact) mass is 427 g/mol. The van der Waals surface area contributed by atoms with Gasteiger partial charge in [-0.25, -0.2) is 13.8 Å². The Balaban J connectivity index is 1.74. The van der Waals surface area contributed by atoms with Crippen molar-refractivity contribution in [2.45, 2.75) is 13.8 Å². The van der Waals surface area contributed by atoms with Gasteiger partial charge in [0.15, 0.2) is 5.13 Å². The fourth-order valence-electron chi connectivity index (χ4n) is 3.12. The normalized spacial score (nSPS) is 10.9. The van der Waals surface area contributed by atoms with Gasteiger partial charge in [0, 0.05) is 24.3 Å². The van der Waals surface area contributed by atoms with Crippen LogP contribution in [0.1, 0.15) is 13.8 Å². The molecule has 0 aliphatic carbocycles. The Labute approximate surface area is 175 Å². The molecule has 0 radical (unpaired) electrons. The molecule has 30 heavy (non-hydrogen) atoms. The zero-order valence-corrected chi connectivity index (χ0v) is 17.2. The summed E-state index contributed by atoms with van der Waals surface area (Å²) in [7, 11) is 0. The molecule has 0 amide bonds. The Bertz CT molecular complexity index is 1100. The second-order valence-corrected chi connectivity index (χ2v) is 7.37. The largest absolute Gasteiger partial charge is 0.372 e. The number of nitrogens with zero attached hydrogens (tertiary/aromatic N) is 5. The highest BCUT2D eigenvalue weighted by Crippen LogP contribution is 2.39. The van der Waals surface area contributed by atoms with E-state index in [4.69, 9.17) is 0 Å². The summed E-state index contributed by atoms with van der Waals surface area (Å²) in [6.45, 7) is 6.02. The number of hydrogen-bond acceptors (Lipinski definition) is 7. The number of H-pyrrole nitrogens is 1. The number of para-hydroxylation sites is 1. The predicted molar refractivity (Wildman–Crippen MR) is 114 cm³/mol. The Morgan fingerprint density at radius 3 is 2.33 bits per heavy atom. The highest BCUT2D eigenvalue weighted by molar-refractivity contribution is 7.19. The van der Waals surface area contributed by atoms with Gasteiger partial charge in [-0.05, 0) is 43.3 Å². The summed E-state index contributed by atoms with van der Waals surface area (Å²) in [6, 6.07) is 11.6. The van der Waals surface area contributed by atoms with E-state index in [1.165, 1.54) is 29.5 Å². The van der Waals surface area contributed by atoms with E-state index in [0.29, 0.717) is 21.5 Å². The number of benzene rings is 2. The van der Waals surface area contributed by atoms with Crippen molar-refractivity contribution in [1.29, 1.82) is 0 Å². The lowest BCUT2D eigenvalue weighted by molar-refractivity contribution is 0.591. The molecule has 0 aliphatic rings. The van der Waals surface area contributed by atoms with Gasteiger partial charge in [0.05, 0.1) is 5.69 Å². The molecule has 0 spiro atoms. The first-order chi connectivity index (χ1) is 14.6. The van der Waals surface area contributed by atoms with E-state index in [1.807, 2.05) is 24.3 Å². The molecular formula is C20H19F2N7S. The molecule has 154 valence electrons. The van der Waals surface area contributed by atoms with Gasteiger partial charge in [-0.1, -0.05) is 29.5 Å². The van der Waals surface area contributed by atoms with Gasteiger partial charge < -0.3 is 10.2 Å². The van der Waals surface area contributed by atoms with Crippen molar-refractivity contribution < 1.29 is 8.78 Å². The molecule has 0 saturated carbocycles. The molecule has 2 aromatic carbocycles. The topological polar surface area (TPSA) is 82.6 Å². The van der Waals surface area contributed by atoms with Crippen molar-refractivity contribution >= 4 is 27.8 Å². The molecule has 10 heteroatoms. The van der Waals surface area contributed by atoms with Crippen LogP contribution in [0.25, 0.3) is 22.0 Å². The second kappa shape index (κ2) is 8.54. The van der Waals surface area contributed by atoms with Crippen LogP contribution in [0.5, 0.6) is 0 Å². The minimum absolute atomic E-state index is 0.255. The van der Waals surface area contributed by atoms with E-state index in [0.717, 1.165) is 24.3 Å². The van der Waals surface area contributed by atoms with Crippen LogP contribution < -0.4 is 10.2 Å².